The van der Waals surface area contributed by atoms with Crippen molar-refractivity contribution in [3.63, 3.8) is 0 Å². The minimum absolute atomic E-state index is 0.119. The lowest BCUT2D eigenvalue weighted by Crippen LogP contribution is -2.50. The fraction of sp³-hybridized carbons (Fsp3) is 0.400. The fourth-order valence-corrected chi connectivity index (χ4v) is 4.28. The molecule has 0 N–H and O–H groups in total. The summed E-state index contributed by atoms with van der Waals surface area (Å²) in [6.45, 7) is 3.41. The van der Waals surface area contributed by atoms with E-state index in [1.54, 1.807) is 0 Å². The van der Waals surface area contributed by atoms with Crippen molar-refractivity contribution >= 4 is 5.78 Å². The fourth-order valence-electron chi connectivity index (χ4n) is 4.28. The van der Waals surface area contributed by atoms with Gasteiger partial charge in [-0.1, -0.05) is 36.4 Å². The maximum absolute atomic E-state index is 13.3. The quantitative estimate of drug-likeness (QED) is 0.812. The average molecular weight is 306 g/mol. The van der Waals surface area contributed by atoms with Crippen molar-refractivity contribution in [2.24, 2.45) is 11.8 Å². The van der Waals surface area contributed by atoms with Crippen LogP contribution in [0.5, 0.6) is 0 Å². The average Bonchev–Trinajstić information content (AvgIpc) is 2.64. The first-order valence-electron chi connectivity index (χ1n) is 8.55. The first-order valence-corrected chi connectivity index (χ1v) is 8.55. The van der Waals surface area contributed by atoms with Crippen LogP contribution in [0.3, 0.4) is 0 Å². The van der Waals surface area contributed by atoms with Crippen LogP contribution in [0.4, 0.5) is 0 Å². The topological polar surface area (TPSA) is 33.2 Å². The number of rotatable bonds is 4. The SMILES string of the molecule is O=C(c1ccccc1)[C@H](c1ccccn1)[C@H]1CN2CCC1CC2. The van der Waals surface area contributed by atoms with Gasteiger partial charge in [-0.2, -0.15) is 0 Å². The van der Waals surface area contributed by atoms with Gasteiger partial charge >= 0.3 is 0 Å². The summed E-state index contributed by atoms with van der Waals surface area (Å²) in [4.78, 5) is 20.3. The van der Waals surface area contributed by atoms with Gasteiger partial charge in [0.15, 0.2) is 5.78 Å². The predicted octanol–water partition coefficient (Wildman–Crippen LogP) is 3.39. The van der Waals surface area contributed by atoms with Gasteiger partial charge in [0.1, 0.15) is 0 Å². The molecule has 2 atom stereocenters. The monoisotopic (exact) mass is 306 g/mol. The Morgan fingerprint density at radius 2 is 1.78 bits per heavy atom. The Morgan fingerprint density at radius 3 is 2.39 bits per heavy atom. The Bertz CT molecular complexity index is 663. The number of piperidine rings is 3. The number of nitrogens with zero attached hydrogens (tertiary/aromatic N) is 2. The molecule has 23 heavy (non-hydrogen) atoms. The Labute approximate surface area is 137 Å². The summed E-state index contributed by atoms with van der Waals surface area (Å²) in [5, 5.41) is 0. The van der Waals surface area contributed by atoms with Gasteiger partial charge < -0.3 is 4.90 Å². The molecule has 0 amide bonds. The van der Waals surface area contributed by atoms with Crippen LogP contribution < -0.4 is 0 Å². The predicted molar refractivity (Wildman–Crippen MR) is 90.4 cm³/mol. The first kappa shape index (κ1) is 14.6. The van der Waals surface area contributed by atoms with Crippen molar-refractivity contribution in [2.75, 3.05) is 19.6 Å². The van der Waals surface area contributed by atoms with E-state index in [1.807, 2.05) is 54.7 Å². The third-order valence-corrected chi connectivity index (χ3v) is 5.48. The molecule has 3 nitrogen and oxygen atoms in total. The van der Waals surface area contributed by atoms with Crippen LogP contribution in [0, 0.1) is 11.8 Å². The van der Waals surface area contributed by atoms with E-state index in [2.05, 4.69) is 9.88 Å². The minimum Gasteiger partial charge on any atom is -0.303 e. The summed E-state index contributed by atoms with van der Waals surface area (Å²) in [6, 6.07) is 15.6. The summed E-state index contributed by atoms with van der Waals surface area (Å²) in [5.41, 5.74) is 1.74. The Balaban J connectivity index is 1.71. The van der Waals surface area contributed by atoms with Crippen molar-refractivity contribution < 1.29 is 4.79 Å². The third kappa shape index (κ3) is 2.81. The zero-order valence-corrected chi connectivity index (χ0v) is 13.3. The molecule has 0 spiro atoms. The zero-order valence-electron chi connectivity index (χ0n) is 13.3. The summed E-state index contributed by atoms with van der Waals surface area (Å²) in [5.74, 6) is 1.15. The van der Waals surface area contributed by atoms with Crippen LogP contribution in [0.25, 0.3) is 0 Å². The van der Waals surface area contributed by atoms with Crippen LogP contribution >= 0.6 is 0 Å². The largest absolute Gasteiger partial charge is 0.303 e. The van der Waals surface area contributed by atoms with Crippen molar-refractivity contribution in [3.05, 3.63) is 66.0 Å². The van der Waals surface area contributed by atoms with Gasteiger partial charge in [-0.05, 0) is 49.9 Å². The Kier molecular flexibility index (Phi) is 3.96. The molecule has 4 heterocycles. The van der Waals surface area contributed by atoms with Crippen LogP contribution in [0.2, 0.25) is 0 Å². The molecule has 5 rings (SSSR count). The second-order valence-corrected chi connectivity index (χ2v) is 6.76. The van der Waals surface area contributed by atoms with Gasteiger partial charge in [0.2, 0.25) is 0 Å². The molecule has 0 unspecified atom stereocenters. The van der Waals surface area contributed by atoms with E-state index in [0.29, 0.717) is 11.8 Å². The molecule has 0 saturated carbocycles. The van der Waals surface area contributed by atoms with Gasteiger partial charge in [0.25, 0.3) is 0 Å². The van der Waals surface area contributed by atoms with Crippen molar-refractivity contribution in [1.29, 1.82) is 0 Å². The molecule has 3 saturated heterocycles. The van der Waals surface area contributed by atoms with Crippen molar-refractivity contribution in [1.82, 2.24) is 9.88 Å². The second kappa shape index (κ2) is 6.25. The van der Waals surface area contributed by atoms with Gasteiger partial charge in [-0.25, -0.2) is 0 Å². The van der Waals surface area contributed by atoms with Crippen molar-refractivity contribution in [2.45, 2.75) is 18.8 Å². The minimum atomic E-state index is -0.119. The highest BCUT2D eigenvalue weighted by molar-refractivity contribution is 6.01. The number of carbonyl (C=O) groups is 1. The van der Waals surface area contributed by atoms with Crippen LogP contribution in [0.1, 0.15) is 34.8 Å². The summed E-state index contributed by atoms with van der Waals surface area (Å²) >= 11 is 0. The third-order valence-electron chi connectivity index (χ3n) is 5.48. The molecular formula is C20H22N2O. The summed E-state index contributed by atoms with van der Waals surface area (Å²) in [6.07, 6.45) is 4.24. The number of ketones is 1. The van der Waals surface area contributed by atoms with Gasteiger partial charge in [-0.15, -0.1) is 0 Å². The number of Topliss-reactive ketones (excluding diaryl/α,β-unsaturated/α-hetero) is 1. The standard InChI is InChI=1S/C20H22N2O/c23-20(16-6-2-1-3-7-16)19(18-8-4-5-11-21-18)17-14-22-12-9-15(17)10-13-22/h1-8,11,15,17,19H,9-10,12-14H2/t17-,19-/m0/s1. The van der Waals surface area contributed by atoms with Gasteiger partial charge in [0, 0.05) is 18.3 Å². The number of hydrogen-bond acceptors (Lipinski definition) is 3. The van der Waals surface area contributed by atoms with Gasteiger partial charge in [-0.3, -0.25) is 9.78 Å². The molecule has 1 aromatic heterocycles. The van der Waals surface area contributed by atoms with E-state index < -0.39 is 0 Å². The smallest absolute Gasteiger partial charge is 0.172 e. The lowest BCUT2D eigenvalue weighted by Gasteiger charge is -2.47. The molecule has 2 aromatic rings. The van der Waals surface area contributed by atoms with E-state index in [4.69, 9.17) is 0 Å². The molecule has 1 aromatic carbocycles. The van der Waals surface area contributed by atoms with Crippen LogP contribution in [-0.2, 0) is 0 Å². The molecule has 0 radical (unpaired) electrons. The van der Waals surface area contributed by atoms with E-state index in [1.165, 1.54) is 25.9 Å². The number of hydrogen-bond donors (Lipinski definition) is 0. The highest BCUT2D eigenvalue weighted by Gasteiger charge is 2.42. The summed E-state index contributed by atoms with van der Waals surface area (Å²) < 4.78 is 0. The van der Waals surface area contributed by atoms with Crippen LogP contribution in [-0.4, -0.2) is 35.3 Å². The molecule has 3 heteroatoms. The highest BCUT2D eigenvalue weighted by Crippen LogP contribution is 2.41. The molecule has 0 aliphatic carbocycles. The van der Waals surface area contributed by atoms with E-state index in [-0.39, 0.29) is 11.7 Å². The Hall–Kier alpha value is -2.00. The van der Waals surface area contributed by atoms with Gasteiger partial charge in [0.05, 0.1) is 11.6 Å². The first-order chi connectivity index (χ1) is 11.3. The zero-order chi connectivity index (χ0) is 15.6. The number of pyridine rings is 1. The molecule has 3 aliphatic heterocycles. The molecular weight excluding hydrogens is 284 g/mol. The second-order valence-electron chi connectivity index (χ2n) is 6.76. The lowest BCUT2D eigenvalue weighted by molar-refractivity contribution is 0.0340. The van der Waals surface area contributed by atoms with E-state index >= 15 is 0 Å². The molecule has 3 aliphatic rings. The number of carbonyl (C=O) groups excluding carboxylic acids is 1. The van der Waals surface area contributed by atoms with E-state index in [0.717, 1.165) is 17.8 Å². The van der Waals surface area contributed by atoms with Crippen LogP contribution in [0.15, 0.2) is 54.7 Å². The number of benzene rings is 1. The molecule has 118 valence electrons. The molecule has 2 bridgehead atoms. The van der Waals surface area contributed by atoms with E-state index in [9.17, 15) is 4.79 Å². The highest BCUT2D eigenvalue weighted by atomic mass is 16.1. The molecule has 3 fully saturated rings. The Morgan fingerprint density at radius 1 is 1.04 bits per heavy atom. The van der Waals surface area contributed by atoms with Crippen molar-refractivity contribution in [3.8, 4) is 0 Å². The number of fused-ring (bicyclic) bond motifs is 3. The summed E-state index contributed by atoms with van der Waals surface area (Å²) in [7, 11) is 0. The lowest BCUT2D eigenvalue weighted by atomic mass is 9.69. The normalized spacial score (nSPS) is 27.6. The maximum atomic E-state index is 13.3. The maximum Gasteiger partial charge on any atom is 0.172 e. The number of aromatic nitrogens is 1.